The van der Waals surface area contributed by atoms with E-state index in [1.165, 1.54) is 0 Å². The van der Waals surface area contributed by atoms with Crippen molar-refractivity contribution in [1.82, 2.24) is 10.6 Å². The van der Waals surface area contributed by atoms with E-state index < -0.39 is 59.2 Å². The number of amides is 3. The lowest BCUT2D eigenvalue weighted by molar-refractivity contribution is -0.134. The highest BCUT2D eigenvalue weighted by atomic mass is 16.2. The van der Waals surface area contributed by atoms with Gasteiger partial charge in [-0.2, -0.15) is 0 Å². The topological polar surface area (TPSA) is 292 Å². The van der Waals surface area contributed by atoms with Crippen molar-refractivity contribution in [3.63, 3.8) is 0 Å². The number of primary amides is 1. The number of carbonyl (C=O) groups excluding carboxylic acids is 6. The van der Waals surface area contributed by atoms with Crippen molar-refractivity contribution < 1.29 is 28.8 Å². The summed E-state index contributed by atoms with van der Waals surface area (Å²) in [7, 11) is 0. The summed E-state index contributed by atoms with van der Waals surface area (Å²) in [4.78, 5) is 84.8. The number of nitrogens with one attached hydrogen (secondary N) is 2. The van der Waals surface area contributed by atoms with Gasteiger partial charge in [-0.3, -0.25) is 33.8 Å². The number of hydrogen-bond donors (Lipinski definition) is 6. The summed E-state index contributed by atoms with van der Waals surface area (Å²) in [6.45, 7) is 7.32. The minimum absolute atomic E-state index is 0.113. The van der Waals surface area contributed by atoms with Crippen molar-refractivity contribution in [2.45, 2.75) is 104 Å². The van der Waals surface area contributed by atoms with Gasteiger partial charge in [-0.15, -0.1) is 0 Å². The third-order valence-corrected chi connectivity index (χ3v) is 8.63. The fourth-order valence-electron chi connectivity index (χ4n) is 5.53. The second kappa shape index (κ2) is 23.6. The lowest BCUT2D eigenvalue weighted by Crippen LogP contribution is -2.49. The van der Waals surface area contributed by atoms with Gasteiger partial charge in [-0.05, 0) is 48.6 Å². The molecule has 0 aromatic heterocycles. The molecule has 0 spiro atoms. The average molecular weight is 713 g/mol. The summed E-state index contributed by atoms with van der Waals surface area (Å²) in [5, 5.41) is 8.90. The van der Waals surface area contributed by atoms with Gasteiger partial charge in [-0.1, -0.05) is 69.6 Å². The second-order valence-electron chi connectivity index (χ2n) is 13.4. The van der Waals surface area contributed by atoms with E-state index in [1.54, 1.807) is 6.92 Å². The van der Waals surface area contributed by atoms with Crippen molar-refractivity contribution in [2.75, 3.05) is 13.1 Å². The highest BCUT2D eigenvalue weighted by Gasteiger charge is 2.32. The molecule has 1 rings (SSSR count). The van der Waals surface area contributed by atoms with Crippen LogP contribution in [-0.4, -0.2) is 72.2 Å². The van der Waals surface area contributed by atoms with Crippen molar-refractivity contribution in [1.29, 1.82) is 0 Å². The van der Waals surface area contributed by atoms with Gasteiger partial charge in [0.05, 0.1) is 24.0 Å². The third-order valence-electron chi connectivity index (χ3n) is 8.63. The molecule has 1 unspecified atom stereocenters. The minimum atomic E-state index is -1.07. The molecule has 16 nitrogen and oxygen atoms in total. The average Bonchev–Trinajstić information content (AvgIpc) is 3.08. The molecule has 0 radical (unpaired) electrons. The summed E-state index contributed by atoms with van der Waals surface area (Å²) < 4.78 is 0. The van der Waals surface area contributed by atoms with Gasteiger partial charge in [0.2, 0.25) is 17.7 Å². The van der Waals surface area contributed by atoms with Crippen molar-refractivity contribution >= 4 is 41.0 Å². The number of hydrogen-bond acceptors (Lipinski definition) is 9. The molecule has 3 amide bonds. The van der Waals surface area contributed by atoms with E-state index in [9.17, 15) is 28.8 Å². The zero-order valence-corrected chi connectivity index (χ0v) is 30.3. The largest absolute Gasteiger partial charge is 0.370 e. The van der Waals surface area contributed by atoms with Crippen LogP contribution in [0.3, 0.4) is 0 Å². The number of aliphatic imine (C=N–C) groups is 1. The van der Waals surface area contributed by atoms with Crippen LogP contribution >= 0.6 is 0 Å². The Labute approximate surface area is 299 Å². The van der Waals surface area contributed by atoms with Gasteiger partial charge in [0.25, 0.3) is 0 Å². The van der Waals surface area contributed by atoms with Crippen molar-refractivity contribution in [2.24, 2.45) is 56.7 Å². The van der Waals surface area contributed by atoms with Gasteiger partial charge in [0.15, 0.2) is 23.3 Å². The Hall–Kier alpha value is -4.82. The Morgan fingerprint density at radius 3 is 2.10 bits per heavy atom. The van der Waals surface area contributed by atoms with Crippen molar-refractivity contribution in [3.05, 3.63) is 46.3 Å². The molecule has 0 aliphatic carbocycles. The van der Waals surface area contributed by atoms with Crippen LogP contribution in [0.5, 0.6) is 0 Å². The summed E-state index contributed by atoms with van der Waals surface area (Å²) in [5.41, 5.74) is 32.2. The molecule has 0 fully saturated rings. The molecule has 1 aromatic carbocycles. The fraction of sp³-hybridized carbons (Fsp3) is 0.629. The van der Waals surface area contributed by atoms with E-state index in [0.29, 0.717) is 19.3 Å². The zero-order valence-electron chi connectivity index (χ0n) is 30.3. The first-order valence-electron chi connectivity index (χ1n) is 17.4. The van der Waals surface area contributed by atoms with Crippen LogP contribution in [0.1, 0.15) is 84.6 Å². The SMILES string of the molecule is CC[C@H](C)[C@H](NC(=O)C(CN=[N+]=[N-])CC(=O)[C@H](N)Cc1ccccc1)C(=O)CCC(=O)N[C@@H](CCCN=C(N)N)C(=O)C[C@@H](CC(C)C)C(N)=O. The molecule has 282 valence electrons. The number of ketones is 3. The van der Waals surface area contributed by atoms with E-state index in [2.05, 4.69) is 25.7 Å². The van der Waals surface area contributed by atoms with Gasteiger partial charge < -0.3 is 33.6 Å². The van der Waals surface area contributed by atoms with Crippen LogP contribution in [0.15, 0.2) is 40.4 Å². The highest BCUT2D eigenvalue weighted by Crippen LogP contribution is 2.19. The summed E-state index contributed by atoms with van der Waals surface area (Å²) >= 11 is 0. The van der Waals surface area contributed by atoms with Gasteiger partial charge in [0, 0.05) is 49.6 Å². The summed E-state index contributed by atoms with van der Waals surface area (Å²) in [6.07, 6.45) is 0.742. The number of Topliss-reactive ketones (excluding diaryl/α,β-unsaturated/α-hetero) is 3. The number of guanidine groups is 1. The quantitative estimate of drug-likeness (QED) is 0.0204. The molecule has 0 aliphatic heterocycles. The summed E-state index contributed by atoms with van der Waals surface area (Å²) in [6, 6.07) is 6.30. The number of nitrogens with two attached hydrogens (primary N) is 4. The predicted octanol–water partition coefficient (Wildman–Crippen LogP) is 1.97. The molecule has 1 aromatic rings. The number of azide groups is 1. The number of rotatable bonds is 26. The molecule has 0 aliphatic rings. The Kier molecular flexibility index (Phi) is 20.4. The Morgan fingerprint density at radius 2 is 1.53 bits per heavy atom. The smallest absolute Gasteiger partial charge is 0.224 e. The number of nitrogens with zero attached hydrogens (tertiary/aromatic N) is 4. The maximum Gasteiger partial charge on any atom is 0.224 e. The van der Waals surface area contributed by atoms with E-state index in [-0.39, 0.29) is 75.2 Å². The lowest BCUT2D eigenvalue weighted by atomic mass is 9.89. The lowest BCUT2D eigenvalue weighted by Gasteiger charge is -2.26. The number of benzene rings is 1. The number of carbonyl (C=O) groups is 6. The van der Waals surface area contributed by atoms with E-state index >= 15 is 0 Å². The fourth-order valence-corrected chi connectivity index (χ4v) is 5.53. The van der Waals surface area contributed by atoms with Gasteiger partial charge in [0.1, 0.15) is 0 Å². The Balaban J connectivity index is 3.00. The van der Waals surface area contributed by atoms with Crippen LogP contribution in [0.25, 0.3) is 10.4 Å². The van der Waals surface area contributed by atoms with Crippen LogP contribution < -0.4 is 33.6 Å². The molecule has 51 heavy (non-hydrogen) atoms. The summed E-state index contributed by atoms with van der Waals surface area (Å²) in [5.74, 6) is -5.13. The third kappa shape index (κ3) is 17.6. The van der Waals surface area contributed by atoms with Gasteiger partial charge in [-0.25, -0.2) is 0 Å². The first-order chi connectivity index (χ1) is 24.1. The van der Waals surface area contributed by atoms with E-state index in [4.69, 9.17) is 28.5 Å². The van der Waals surface area contributed by atoms with Crippen molar-refractivity contribution in [3.8, 4) is 0 Å². The minimum Gasteiger partial charge on any atom is -0.370 e. The molecule has 10 N–H and O–H groups in total. The molecule has 0 saturated carbocycles. The first-order valence-corrected chi connectivity index (χ1v) is 17.4. The standard InChI is InChI=1S/C35H56N10O6/c1-5-22(4)32(44-34(51)25(20-42-45-40)19-29(47)26(36)17-23-10-7-6-8-11-23)28(46)13-14-31(49)43-27(12-9-15-41-35(38)39)30(48)18-24(33(37)50)16-21(2)3/h6-8,10-11,21-22,24-27,32H,5,9,12-20,36H2,1-4H3,(H2,37,50)(H,43,49)(H,44,51)(H4,38,39,41)/t22-,24+,25?,26+,27-,32-/m0/s1. The Morgan fingerprint density at radius 1 is 0.882 bits per heavy atom. The maximum atomic E-state index is 13.5. The highest BCUT2D eigenvalue weighted by molar-refractivity contribution is 5.95. The van der Waals surface area contributed by atoms with Gasteiger partial charge >= 0.3 is 0 Å². The molecule has 0 heterocycles. The predicted molar refractivity (Wildman–Crippen MR) is 194 cm³/mol. The molecule has 0 bridgehead atoms. The molecular formula is C35H56N10O6. The van der Waals surface area contributed by atoms with Crippen LogP contribution in [0, 0.1) is 23.7 Å². The van der Waals surface area contributed by atoms with Crippen LogP contribution in [-0.2, 0) is 35.2 Å². The zero-order chi connectivity index (χ0) is 38.5. The first kappa shape index (κ1) is 44.2. The van der Waals surface area contributed by atoms with Crippen LogP contribution in [0.4, 0.5) is 0 Å². The van der Waals surface area contributed by atoms with E-state index in [0.717, 1.165) is 5.56 Å². The second-order valence-corrected chi connectivity index (χ2v) is 13.4. The Bertz CT molecular complexity index is 1390. The normalized spacial score (nSPS) is 14.5. The van der Waals surface area contributed by atoms with Crippen LogP contribution in [0.2, 0.25) is 0 Å². The molecule has 6 atom stereocenters. The monoisotopic (exact) mass is 712 g/mol. The molecule has 0 saturated heterocycles. The molecule has 16 heteroatoms. The maximum absolute atomic E-state index is 13.5. The molecular weight excluding hydrogens is 656 g/mol. The van der Waals surface area contributed by atoms with E-state index in [1.807, 2.05) is 51.1 Å².